The number of rotatable bonds is 6. The Morgan fingerprint density at radius 3 is 2.00 bits per heavy atom. The average molecular weight is 333 g/mol. The molecule has 2 aromatic carbocycles. The van der Waals surface area contributed by atoms with Gasteiger partial charge in [-0.25, -0.2) is 0 Å². The summed E-state index contributed by atoms with van der Waals surface area (Å²) < 4.78 is 5.27. The van der Waals surface area contributed by atoms with Gasteiger partial charge in [0.25, 0.3) is 0 Å². The SMILES string of the molecule is COc1ccc(-c2cc(SC(C)C)ccc2SC(C)C)cc1. The van der Waals surface area contributed by atoms with Crippen molar-refractivity contribution >= 4 is 23.5 Å². The molecule has 2 aromatic rings. The van der Waals surface area contributed by atoms with Gasteiger partial charge < -0.3 is 4.74 Å². The summed E-state index contributed by atoms with van der Waals surface area (Å²) in [4.78, 5) is 2.67. The van der Waals surface area contributed by atoms with Gasteiger partial charge in [0.05, 0.1) is 7.11 Å². The topological polar surface area (TPSA) is 9.23 Å². The van der Waals surface area contributed by atoms with Gasteiger partial charge in [-0.2, -0.15) is 0 Å². The lowest BCUT2D eigenvalue weighted by Crippen LogP contribution is -1.92. The van der Waals surface area contributed by atoms with Gasteiger partial charge in [-0.1, -0.05) is 39.8 Å². The van der Waals surface area contributed by atoms with E-state index in [1.54, 1.807) is 7.11 Å². The number of benzene rings is 2. The largest absolute Gasteiger partial charge is 0.497 e. The molecular weight excluding hydrogens is 308 g/mol. The summed E-state index contributed by atoms with van der Waals surface area (Å²) in [6.07, 6.45) is 0. The Labute approximate surface area is 142 Å². The summed E-state index contributed by atoms with van der Waals surface area (Å²) >= 11 is 3.83. The van der Waals surface area contributed by atoms with E-state index in [0.717, 1.165) is 5.75 Å². The zero-order chi connectivity index (χ0) is 16.1. The molecular formula is C19H24OS2. The Morgan fingerprint density at radius 1 is 0.818 bits per heavy atom. The Morgan fingerprint density at radius 2 is 1.45 bits per heavy atom. The van der Waals surface area contributed by atoms with Crippen LogP contribution in [-0.4, -0.2) is 17.6 Å². The maximum Gasteiger partial charge on any atom is 0.118 e. The van der Waals surface area contributed by atoms with Crippen LogP contribution in [0.5, 0.6) is 5.75 Å². The lowest BCUT2D eigenvalue weighted by molar-refractivity contribution is 0.415. The molecule has 0 unspecified atom stereocenters. The Hall–Kier alpha value is -1.06. The van der Waals surface area contributed by atoms with E-state index in [9.17, 15) is 0 Å². The van der Waals surface area contributed by atoms with Crippen molar-refractivity contribution in [1.29, 1.82) is 0 Å². The molecule has 0 saturated heterocycles. The van der Waals surface area contributed by atoms with Crippen molar-refractivity contribution in [1.82, 2.24) is 0 Å². The number of hydrogen-bond donors (Lipinski definition) is 0. The van der Waals surface area contributed by atoms with E-state index in [0.29, 0.717) is 10.5 Å². The van der Waals surface area contributed by atoms with Crippen molar-refractivity contribution in [2.75, 3.05) is 7.11 Å². The molecule has 2 rings (SSSR count). The van der Waals surface area contributed by atoms with Gasteiger partial charge >= 0.3 is 0 Å². The summed E-state index contributed by atoms with van der Waals surface area (Å²) in [6.45, 7) is 8.93. The van der Waals surface area contributed by atoms with Gasteiger partial charge in [-0.05, 0) is 41.5 Å². The highest BCUT2D eigenvalue weighted by atomic mass is 32.2. The van der Waals surface area contributed by atoms with Crippen LogP contribution < -0.4 is 4.74 Å². The fourth-order valence-electron chi connectivity index (χ4n) is 2.21. The molecule has 0 atom stereocenters. The van der Waals surface area contributed by atoms with Crippen LogP contribution in [0.4, 0.5) is 0 Å². The maximum absolute atomic E-state index is 5.27. The second-order valence-corrected chi connectivity index (χ2v) is 8.99. The van der Waals surface area contributed by atoms with Crippen LogP contribution in [0.2, 0.25) is 0 Å². The first-order chi connectivity index (χ1) is 10.5. The molecule has 0 aliphatic rings. The van der Waals surface area contributed by atoms with Crippen molar-refractivity contribution in [2.45, 2.75) is 48.0 Å². The fraction of sp³-hybridized carbons (Fsp3) is 0.368. The number of methoxy groups -OCH3 is 1. The van der Waals surface area contributed by atoms with E-state index in [-0.39, 0.29) is 0 Å². The molecule has 0 aliphatic carbocycles. The lowest BCUT2D eigenvalue weighted by Gasteiger charge is -2.14. The number of thioether (sulfide) groups is 2. The van der Waals surface area contributed by atoms with Crippen molar-refractivity contribution in [3.63, 3.8) is 0 Å². The smallest absolute Gasteiger partial charge is 0.118 e. The zero-order valence-corrected chi connectivity index (χ0v) is 15.6. The van der Waals surface area contributed by atoms with Crippen LogP contribution >= 0.6 is 23.5 Å². The molecule has 1 nitrogen and oxygen atoms in total. The molecule has 0 amide bonds. The maximum atomic E-state index is 5.27. The molecule has 3 heteroatoms. The Kier molecular flexibility index (Phi) is 6.27. The van der Waals surface area contributed by atoms with Gasteiger partial charge in [0, 0.05) is 20.3 Å². The molecule has 118 valence electrons. The highest BCUT2D eigenvalue weighted by Crippen LogP contribution is 2.37. The molecule has 0 heterocycles. The third kappa shape index (κ3) is 4.72. The van der Waals surface area contributed by atoms with Crippen LogP contribution in [0.25, 0.3) is 11.1 Å². The quantitative estimate of drug-likeness (QED) is 0.569. The van der Waals surface area contributed by atoms with E-state index in [1.807, 2.05) is 35.7 Å². The normalized spacial score (nSPS) is 11.2. The molecule has 0 saturated carbocycles. The lowest BCUT2D eigenvalue weighted by atomic mass is 10.1. The molecule has 0 spiro atoms. The van der Waals surface area contributed by atoms with Crippen molar-refractivity contribution in [2.24, 2.45) is 0 Å². The average Bonchev–Trinajstić information content (AvgIpc) is 2.48. The molecule has 0 aromatic heterocycles. The van der Waals surface area contributed by atoms with E-state index < -0.39 is 0 Å². The van der Waals surface area contributed by atoms with Crippen LogP contribution in [-0.2, 0) is 0 Å². The third-order valence-corrected chi connectivity index (χ3v) is 5.17. The van der Waals surface area contributed by atoms with Gasteiger partial charge in [0.1, 0.15) is 5.75 Å². The Balaban J connectivity index is 2.42. The van der Waals surface area contributed by atoms with Crippen molar-refractivity contribution in [3.05, 3.63) is 42.5 Å². The zero-order valence-electron chi connectivity index (χ0n) is 13.9. The minimum absolute atomic E-state index is 0.570. The van der Waals surface area contributed by atoms with Gasteiger partial charge in [-0.3, -0.25) is 0 Å². The van der Waals surface area contributed by atoms with Crippen LogP contribution in [0.1, 0.15) is 27.7 Å². The first kappa shape index (κ1) is 17.3. The first-order valence-corrected chi connectivity index (χ1v) is 9.37. The van der Waals surface area contributed by atoms with Gasteiger partial charge in [0.15, 0.2) is 0 Å². The van der Waals surface area contributed by atoms with Gasteiger partial charge in [-0.15, -0.1) is 23.5 Å². The van der Waals surface area contributed by atoms with Crippen LogP contribution in [0, 0.1) is 0 Å². The molecule has 0 N–H and O–H groups in total. The second-order valence-electron chi connectivity index (χ2n) is 5.72. The van der Waals surface area contributed by atoms with Crippen LogP contribution in [0.15, 0.2) is 52.3 Å². The highest BCUT2D eigenvalue weighted by molar-refractivity contribution is 8.00. The van der Waals surface area contributed by atoms with Crippen LogP contribution in [0.3, 0.4) is 0 Å². The van der Waals surface area contributed by atoms with E-state index in [2.05, 4.69) is 58.0 Å². The number of hydrogen-bond acceptors (Lipinski definition) is 3. The summed E-state index contributed by atoms with van der Waals surface area (Å²) in [7, 11) is 1.70. The Bertz CT molecular complexity index is 603. The molecule has 0 radical (unpaired) electrons. The summed E-state index contributed by atoms with van der Waals surface area (Å²) in [5.41, 5.74) is 2.56. The minimum Gasteiger partial charge on any atom is -0.497 e. The van der Waals surface area contributed by atoms with Gasteiger partial charge in [0.2, 0.25) is 0 Å². The highest BCUT2D eigenvalue weighted by Gasteiger charge is 2.10. The predicted molar refractivity (Wildman–Crippen MR) is 100 cm³/mol. The molecule has 0 aliphatic heterocycles. The molecule has 22 heavy (non-hydrogen) atoms. The molecule has 0 bridgehead atoms. The summed E-state index contributed by atoms with van der Waals surface area (Å²) in [5, 5.41) is 1.16. The minimum atomic E-state index is 0.570. The summed E-state index contributed by atoms with van der Waals surface area (Å²) in [5.74, 6) is 0.898. The van der Waals surface area contributed by atoms with E-state index >= 15 is 0 Å². The predicted octanol–water partition coefficient (Wildman–Crippen LogP) is 6.36. The van der Waals surface area contributed by atoms with E-state index in [1.165, 1.54) is 20.9 Å². The number of ether oxygens (including phenoxy) is 1. The fourth-order valence-corrected chi connectivity index (χ4v) is 4.04. The van der Waals surface area contributed by atoms with Crippen molar-refractivity contribution < 1.29 is 4.74 Å². The van der Waals surface area contributed by atoms with E-state index in [4.69, 9.17) is 4.74 Å². The third-order valence-electron chi connectivity index (χ3n) is 3.09. The standard InChI is InChI=1S/C19H24OS2/c1-13(2)21-17-10-11-19(22-14(3)4)18(12-17)15-6-8-16(20-5)9-7-15/h6-14H,1-5H3. The molecule has 0 fully saturated rings. The summed E-state index contributed by atoms with van der Waals surface area (Å²) in [6, 6.07) is 15.2. The second kappa shape index (κ2) is 7.98. The monoisotopic (exact) mass is 332 g/mol. The first-order valence-electron chi connectivity index (χ1n) is 7.61. The van der Waals surface area contributed by atoms with Crippen molar-refractivity contribution in [3.8, 4) is 16.9 Å².